The fourth-order valence-electron chi connectivity index (χ4n) is 7.69. The molecule has 0 aromatic heterocycles. The first kappa shape index (κ1) is 27.6. The molecule has 0 nitrogen and oxygen atoms in total. The molecule has 45 heavy (non-hydrogen) atoms. The highest BCUT2D eigenvalue weighted by Crippen LogP contribution is 2.54. The monoisotopic (exact) mass is 578 g/mol. The van der Waals surface area contributed by atoms with E-state index in [4.69, 9.17) is 0 Å². The Morgan fingerprint density at radius 1 is 0.400 bits per heavy atom. The second-order valence-corrected chi connectivity index (χ2v) is 14.1. The van der Waals surface area contributed by atoms with E-state index in [0.29, 0.717) is 0 Å². The Hall–Kier alpha value is -4.94. The molecule has 0 heterocycles. The summed E-state index contributed by atoms with van der Waals surface area (Å²) in [6.07, 6.45) is 0. The molecule has 0 unspecified atom stereocenters. The van der Waals surface area contributed by atoms with Crippen LogP contribution in [-0.4, -0.2) is 0 Å². The summed E-state index contributed by atoms with van der Waals surface area (Å²) in [6.45, 7) is 11.6. The van der Waals surface area contributed by atoms with Gasteiger partial charge in [-0.05, 0) is 94.2 Å². The number of benzene rings is 7. The van der Waals surface area contributed by atoms with Crippen molar-refractivity contribution in [2.75, 3.05) is 0 Å². The molecule has 0 atom stereocenters. The standard InChI is InChI=1S/C45H38/c1-44(2,3)32-25-22-30(23-26-32)41-33-16-9-10-17-34(33)42(38-28-31(24-27-35(38)41)29-14-7-6-8-15-29)37-19-13-21-40-43(37)36-18-11-12-20-39(36)45(40,4)5/h6-28H,1-5H3. The summed E-state index contributed by atoms with van der Waals surface area (Å²) in [4.78, 5) is 0. The van der Waals surface area contributed by atoms with Gasteiger partial charge in [0.2, 0.25) is 0 Å². The predicted molar refractivity (Wildman–Crippen MR) is 194 cm³/mol. The molecule has 0 saturated carbocycles. The molecule has 0 aliphatic heterocycles. The summed E-state index contributed by atoms with van der Waals surface area (Å²) in [6, 6.07) is 52.2. The largest absolute Gasteiger partial charge is 0.0622 e. The van der Waals surface area contributed by atoms with Crippen LogP contribution in [0.1, 0.15) is 51.3 Å². The lowest BCUT2D eigenvalue weighted by Crippen LogP contribution is -2.14. The van der Waals surface area contributed by atoms with Gasteiger partial charge in [0.05, 0.1) is 0 Å². The average molecular weight is 579 g/mol. The molecule has 0 bridgehead atoms. The van der Waals surface area contributed by atoms with E-state index in [2.05, 4.69) is 174 Å². The molecule has 0 spiro atoms. The van der Waals surface area contributed by atoms with Crippen LogP contribution in [0.4, 0.5) is 0 Å². The maximum atomic E-state index is 2.44. The number of hydrogen-bond donors (Lipinski definition) is 0. The lowest BCUT2D eigenvalue weighted by molar-refractivity contribution is 0.590. The average Bonchev–Trinajstić information content (AvgIpc) is 3.30. The molecule has 0 radical (unpaired) electrons. The van der Waals surface area contributed by atoms with E-state index in [0.717, 1.165) is 0 Å². The smallest absolute Gasteiger partial charge is 0.0159 e. The van der Waals surface area contributed by atoms with Crippen molar-refractivity contribution in [1.29, 1.82) is 0 Å². The molecule has 1 aliphatic carbocycles. The van der Waals surface area contributed by atoms with Gasteiger partial charge in [0.25, 0.3) is 0 Å². The Morgan fingerprint density at radius 2 is 0.978 bits per heavy atom. The number of hydrogen-bond acceptors (Lipinski definition) is 0. The lowest BCUT2D eigenvalue weighted by Gasteiger charge is -2.23. The van der Waals surface area contributed by atoms with E-state index < -0.39 is 0 Å². The first-order valence-electron chi connectivity index (χ1n) is 16.1. The maximum Gasteiger partial charge on any atom is 0.0159 e. The van der Waals surface area contributed by atoms with Gasteiger partial charge in [0.1, 0.15) is 0 Å². The van der Waals surface area contributed by atoms with Gasteiger partial charge in [-0.25, -0.2) is 0 Å². The van der Waals surface area contributed by atoms with Crippen molar-refractivity contribution in [2.45, 2.75) is 45.4 Å². The van der Waals surface area contributed by atoms with Crippen LogP contribution < -0.4 is 0 Å². The minimum atomic E-state index is -0.0581. The maximum absolute atomic E-state index is 2.44. The fraction of sp³-hybridized carbons (Fsp3) is 0.156. The minimum Gasteiger partial charge on any atom is -0.0622 e. The van der Waals surface area contributed by atoms with Crippen LogP contribution in [0.2, 0.25) is 0 Å². The summed E-state index contributed by atoms with van der Waals surface area (Å²) in [5.74, 6) is 0. The molecule has 0 fully saturated rings. The summed E-state index contributed by atoms with van der Waals surface area (Å²) in [7, 11) is 0. The third-order valence-electron chi connectivity index (χ3n) is 10.0. The third-order valence-corrected chi connectivity index (χ3v) is 10.0. The van der Waals surface area contributed by atoms with Crippen LogP contribution in [0.25, 0.3) is 66.1 Å². The van der Waals surface area contributed by atoms with Gasteiger partial charge in [-0.3, -0.25) is 0 Å². The van der Waals surface area contributed by atoms with Crippen molar-refractivity contribution < 1.29 is 0 Å². The molecule has 0 saturated heterocycles. The van der Waals surface area contributed by atoms with Crippen molar-refractivity contribution in [3.63, 3.8) is 0 Å². The van der Waals surface area contributed by atoms with Crippen molar-refractivity contribution in [3.8, 4) is 44.5 Å². The highest BCUT2D eigenvalue weighted by molar-refractivity contribution is 6.23. The molecule has 1 aliphatic rings. The van der Waals surface area contributed by atoms with Crippen molar-refractivity contribution in [1.82, 2.24) is 0 Å². The van der Waals surface area contributed by atoms with Gasteiger partial charge in [-0.15, -0.1) is 0 Å². The summed E-state index contributed by atoms with van der Waals surface area (Å²) in [5.41, 5.74) is 14.6. The fourth-order valence-corrected chi connectivity index (χ4v) is 7.69. The van der Waals surface area contributed by atoms with Gasteiger partial charge < -0.3 is 0 Å². The predicted octanol–water partition coefficient (Wildman–Crippen LogP) is 12.6. The molecule has 0 N–H and O–H groups in total. The minimum absolute atomic E-state index is 0.0581. The van der Waals surface area contributed by atoms with Crippen LogP contribution in [0, 0.1) is 0 Å². The van der Waals surface area contributed by atoms with Gasteiger partial charge in [0.15, 0.2) is 0 Å². The van der Waals surface area contributed by atoms with Gasteiger partial charge in [0, 0.05) is 5.41 Å². The van der Waals surface area contributed by atoms with E-state index in [-0.39, 0.29) is 10.8 Å². The zero-order valence-corrected chi connectivity index (χ0v) is 26.8. The highest BCUT2D eigenvalue weighted by Gasteiger charge is 2.37. The zero-order chi connectivity index (χ0) is 30.9. The Kier molecular flexibility index (Phi) is 6.16. The Morgan fingerprint density at radius 3 is 1.71 bits per heavy atom. The number of rotatable bonds is 3. The lowest BCUT2D eigenvalue weighted by atomic mass is 9.80. The van der Waals surface area contributed by atoms with Crippen LogP contribution in [0.3, 0.4) is 0 Å². The zero-order valence-electron chi connectivity index (χ0n) is 26.8. The van der Waals surface area contributed by atoms with E-state index in [1.165, 1.54) is 82.7 Å². The van der Waals surface area contributed by atoms with Gasteiger partial charge in [-0.1, -0.05) is 168 Å². The molecule has 0 heteroatoms. The Balaban J connectivity index is 1.51. The molecular weight excluding hydrogens is 540 g/mol. The summed E-state index contributed by atoms with van der Waals surface area (Å²) in [5, 5.41) is 5.16. The van der Waals surface area contributed by atoms with Crippen LogP contribution in [0.15, 0.2) is 140 Å². The summed E-state index contributed by atoms with van der Waals surface area (Å²) >= 11 is 0. The van der Waals surface area contributed by atoms with E-state index in [9.17, 15) is 0 Å². The molecular formula is C45H38. The van der Waals surface area contributed by atoms with Crippen LogP contribution >= 0.6 is 0 Å². The summed E-state index contributed by atoms with van der Waals surface area (Å²) < 4.78 is 0. The van der Waals surface area contributed by atoms with Crippen molar-refractivity contribution in [2.24, 2.45) is 0 Å². The second-order valence-electron chi connectivity index (χ2n) is 14.1. The quantitative estimate of drug-likeness (QED) is 0.183. The molecule has 218 valence electrons. The Bertz CT molecular complexity index is 2240. The first-order chi connectivity index (χ1) is 21.7. The molecule has 8 rings (SSSR count). The van der Waals surface area contributed by atoms with E-state index in [1.54, 1.807) is 0 Å². The first-order valence-corrected chi connectivity index (χ1v) is 16.1. The van der Waals surface area contributed by atoms with Crippen LogP contribution in [-0.2, 0) is 10.8 Å². The van der Waals surface area contributed by atoms with Gasteiger partial charge in [-0.2, -0.15) is 0 Å². The van der Waals surface area contributed by atoms with Crippen molar-refractivity contribution >= 4 is 21.5 Å². The Labute approximate surface area is 267 Å². The van der Waals surface area contributed by atoms with E-state index >= 15 is 0 Å². The highest BCUT2D eigenvalue weighted by atomic mass is 14.4. The van der Waals surface area contributed by atoms with Gasteiger partial charge >= 0.3 is 0 Å². The molecule has 7 aromatic rings. The normalized spacial score (nSPS) is 13.6. The molecule has 7 aromatic carbocycles. The second kappa shape index (κ2) is 10.0. The molecule has 0 amide bonds. The third kappa shape index (κ3) is 4.27. The topological polar surface area (TPSA) is 0 Å². The number of fused-ring (bicyclic) bond motifs is 5. The van der Waals surface area contributed by atoms with Crippen molar-refractivity contribution in [3.05, 3.63) is 156 Å². The SMILES string of the molecule is CC(C)(C)c1ccc(-c2c3ccccc3c(-c3cccc4c3-c3ccccc3C4(C)C)c3cc(-c4ccccc4)ccc23)cc1. The van der Waals surface area contributed by atoms with E-state index in [1.807, 2.05) is 0 Å². The van der Waals surface area contributed by atoms with Crippen LogP contribution in [0.5, 0.6) is 0 Å².